The number of halogens is 1. The summed E-state index contributed by atoms with van der Waals surface area (Å²) in [5, 5.41) is 9.74. The van der Waals surface area contributed by atoms with Crippen LogP contribution in [0, 0.1) is 12.7 Å². The van der Waals surface area contributed by atoms with E-state index in [9.17, 15) is 14.0 Å². The van der Waals surface area contributed by atoms with Crippen LogP contribution in [-0.4, -0.2) is 61.5 Å². The van der Waals surface area contributed by atoms with Crippen molar-refractivity contribution in [3.63, 3.8) is 0 Å². The summed E-state index contributed by atoms with van der Waals surface area (Å²) < 4.78 is 31.1. The molecule has 3 unspecified atom stereocenters. The molecule has 2 aliphatic heterocycles. The van der Waals surface area contributed by atoms with Crippen LogP contribution < -0.4 is 15.5 Å². The van der Waals surface area contributed by atoms with Crippen molar-refractivity contribution in [2.24, 2.45) is 0 Å². The van der Waals surface area contributed by atoms with Crippen LogP contribution in [0.3, 0.4) is 0 Å². The number of carbonyl (C=O) groups is 2. The molecule has 2 aliphatic rings. The zero-order valence-electron chi connectivity index (χ0n) is 22.3. The lowest BCUT2D eigenvalue weighted by Crippen LogP contribution is -2.45. The van der Waals surface area contributed by atoms with Crippen LogP contribution >= 0.6 is 0 Å². The molecule has 2 saturated heterocycles. The molecule has 206 valence electrons. The molecular weight excluding hydrogens is 503 g/mol. The largest absolute Gasteiger partial charge is 0.376 e. The van der Waals surface area contributed by atoms with Gasteiger partial charge in [-0.15, -0.1) is 0 Å². The van der Waals surface area contributed by atoms with Gasteiger partial charge in [0.1, 0.15) is 11.5 Å². The summed E-state index contributed by atoms with van der Waals surface area (Å²) in [5.41, 5.74) is 3.41. The molecule has 0 saturated carbocycles. The minimum Gasteiger partial charge on any atom is -0.376 e. The molecule has 2 aromatic carbocycles. The highest BCUT2D eigenvalue weighted by molar-refractivity contribution is 6.05. The second-order valence-electron chi connectivity index (χ2n) is 10.3. The molecule has 5 rings (SSSR count). The fraction of sp³-hybridized carbons (Fsp3) is 0.414. The van der Waals surface area contributed by atoms with E-state index in [1.165, 1.54) is 12.1 Å². The summed E-state index contributed by atoms with van der Waals surface area (Å²) in [6.45, 7) is 8.20. The Morgan fingerprint density at radius 2 is 1.87 bits per heavy atom. The summed E-state index contributed by atoms with van der Waals surface area (Å²) in [7, 11) is 0. The van der Waals surface area contributed by atoms with Gasteiger partial charge < -0.3 is 29.5 Å². The Balaban J connectivity index is 1.29. The molecule has 3 heterocycles. The molecule has 10 heteroatoms. The third-order valence-electron chi connectivity index (χ3n) is 6.95. The number of nitrogens with one attached hydrogen (secondary N) is 2. The zero-order valence-corrected chi connectivity index (χ0v) is 22.3. The fourth-order valence-corrected chi connectivity index (χ4v) is 5.06. The van der Waals surface area contributed by atoms with Crippen LogP contribution in [0.2, 0.25) is 0 Å². The Hall–Kier alpha value is -3.76. The number of hydrogen-bond acceptors (Lipinski definition) is 7. The lowest BCUT2D eigenvalue weighted by Gasteiger charge is -2.37. The highest BCUT2D eigenvalue weighted by Crippen LogP contribution is 2.28. The van der Waals surface area contributed by atoms with Crippen molar-refractivity contribution in [3.05, 3.63) is 65.2 Å². The average molecular weight is 537 g/mol. The predicted octanol–water partition coefficient (Wildman–Crippen LogP) is 4.56. The molecule has 2 N–H and O–H groups in total. The number of morpholine rings is 1. The van der Waals surface area contributed by atoms with Crippen molar-refractivity contribution in [2.75, 3.05) is 36.5 Å². The number of carbonyl (C=O) groups excluding carboxylic acids is 2. The number of amides is 2. The van der Waals surface area contributed by atoms with Gasteiger partial charge >= 0.3 is 0 Å². The molecule has 0 bridgehead atoms. The first kappa shape index (κ1) is 26.8. The van der Waals surface area contributed by atoms with E-state index in [2.05, 4.69) is 15.8 Å². The molecular formula is C29H33FN4O5. The molecule has 2 amide bonds. The maximum absolute atomic E-state index is 14.5. The number of hydrogen-bond donors (Lipinski definition) is 2. The second-order valence-corrected chi connectivity index (χ2v) is 10.3. The smallest absolute Gasteiger partial charge is 0.290 e. The van der Waals surface area contributed by atoms with E-state index >= 15 is 0 Å². The van der Waals surface area contributed by atoms with Crippen LogP contribution in [0.1, 0.15) is 53.2 Å². The number of anilines is 2. The van der Waals surface area contributed by atoms with Gasteiger partial charge in [-0.05, 0) is 69.5 Å². The minimum atomic E-state index is -0.484. The molecule has 0 aliphatic carbocycles. The van der Waals surface area contributed by atoms with E-state index in [-0.39, 0.29) is 35.5 Å². The normalized spacial score (nSPS) is 21.1. The maximum Gasteiger partial charge on any atom is 0.290 e. The third-order valence-corrected chi connectivity index (χ3v) is 6.95. The zero-order chi connectivity index (χ0) is 27.5. The van der Waals surface area contributed by atoms with E-state index < -0.39 is 11.7 Å². The van der Waals surface area contributed by atoms with Crippen LogP contribution in [0.15, 0.2) is 47.0 Å². The lowest BCUT2D eigenvalue weighted by atomic mass is 10.0. The number of nitrogens with zero attached hydrogens (tertiary/aromatic N) is 2. The van der Waals surface area contributed by atoms with Crippen molar-refractivity contribution < 1.29 is 28.0 Å². The van der Waals surface area contributed by atoms with Crippen LogP contribution in [-0.2, 0) is 9.47 Å². The first-order valence-corrected chi connectivity index (χ1v) is 13.2. The van der Waals surface area contributed by atoms with Crippen molar-refractivity contribution in [1.82, 2.24) is 10.5 Å². The molecule has 0 spiro atoms. The summed E-state index contributed by atoms with van der Waals surface area (Å²) in [6, 6.07) is 11.3. The summed E-state index contributed by atoms with van der Waals surface area (Å²) in [5.74, 6) is -1.19. The highest BCUT2D eigenvalue weighted by Gasteiger charge is 2.24. The number of benzene rings is 2. The van der Waals surface area contributed by atoms with Crippen LogP contribution in [0.5, 0.6) is 0 Å². The van der Waals surface area contributed by atoms with Crippen LogP contribution in [0.25, 0.3) is 11.3 Å². The van der Waals surface area contributed by atoms with Gasteiger partial charge in [0.2, 0.25) is 5.76 Å². The van der Waals surface area contributed by atoms with Gasteiger partial charge in [0.05, 0.1) is 18.3 Å². The molecule has 0 radical (unpaired) electrons. The SMILES string of the molecule is Cc1ccc(NC(=O)c2cc(F)cc(N3CC(C)OC(C)C3)c2)cc1-c1cc(C(=O)NCC2CCCO2)on1. The van der Waals surface area contributed by atoms with E-state index in [0.717, 1.165) is 18.4 Å². The second kappa shape index (κ2) is 11.5. The summed E-state index contributed by atoms with van der Waals surface area (Å²) in [4.78, 5) is 27.7. The Kier molecular flexibility index (Phi) is 7.94. The Morgan fingerprint density at radius 1 is 1.08 bits per heavy atom. The Bertz CT molecular complexity index is 1340. The predicted molar refractivity (Wildman–Crippen MR) is 145 cm³/mol. The van der Waals surface area contributed by atoms with E-state index in [0.29, 0.717) is 48.9 Å². The fourth-order valence-electron chi connectivity index (χ4n) is 5.06. The molecule has 3 aromatic rings. The number of ether oxygens (including phenoxy) is 2. The molecule has 39 heavy (non-hydrogen) atoms. The van der Waals surface area contributed by atoms with Gasteiger partial charge in [-0.1, -0.05) is 11.2 Å². The van der Waals surface area contributed by atoms with Gasteiger partial charge in [-0.3, -0.25) is 9.59 Å². The minimum absolute atomic E-state index is 0.00436. The average Bonchev–Trinajstić information content (AvgIpc) is 3.60. The monoisotopic (exact) mass is 536 g/mol. The van der Waals surface area contributed by atoms with Crippen molar-refractivity contribution in [3.8, 4) is 11.3 Å². The lowest BCUT2D eigenvalue weighted by molar-refractivity contribution is -0.00523. The topological polar surface area (TPSA) is 106 Å². The number of aromatic nitrogens is 1. The summed E-state index contributed by atoms with van der Waals surface area (Å²) in [6.07, 6.45) is 1.94. The molecule has 1 aromatic heterocycles. The van der Waals surface area contributed by atoms with Gasteiger partial charge in [-0.25, -0.2) is 4.39 Å². The number of rotatable bonds is 7. The van der Waals surface area contributed by atoms with E-state index in [4.69, 9.17) is 14.0 Å². The van der Waals surface area contributed by atoms with E-state index in [1.807, 2.05) is 31.7 Å². The Labute approximate surface area is 226 Å². The Morgan fingerprint density at radius 3 is 2.62 bits per heavy atom. The van der Waals surface area contributed by atoms with Crippen molar-refractivity contribution in [1.29, 1.82) is 0 Å². The molecule has 2 fully saturated rings. The van der Waals surface area contributed by atoms with Gasteiger partial charge in [0.15, 0.2) is 0 Å². The number of aryl methyl sites for hydroxylation is 1. The van der Waals surface area contributed by atoms with E-state index in [1.54, 1.807) is 24.3 Å². The highest BCUT2D eigenvalue weighted by atomic mass is 19.1. The first-order chi connectivity index (χ1) is 18.7. The quantitative estimate of drug-likeness (QED) is 0.456. The van der Waals surface area contributed by atoms with Crippen molar-refractivity contribution >= 4 is 23.2 Å². The molecule has 9 nitrogen and oxygen atoms in total. The van der Waals surface area contributed by atoms with Crippen LogP contribution in [0.4, 0.5) is 15.8 Å². The van der Waals surface area contributed by atoms with Gasteiger partial charge in [-0.2, -0.15) is 0 Å². The third kappa shape index (κ3) is 6.46. The summed E-state index contributed by atoms with van der Waals surface area (Å²) >= 11 is 0. The van der Waals surface area contributed by atoms with Crippen molar-refractivity contribution in [2.45, 2.75) is 51.9 Å². The molecule has 3 atom stereocenters. The first-order valence-electron chi connectivity index (χ1n) is 13.2. The standard InChI is InChI=1S/C29H33FN4O5/c1-17-6-7-22(12-25(17)26-13-27(39-33-26)29(36)31-14-24-5-4-8-37-24)32-28(35)20-9-21(30)11-23(10-20)34-15-18(2)38-19(3)16-34/h6-7,9-13,18-19,24H,4-5,8,14-16H2,1-3H3,(H,31,36)(H,32,35). The van der Waals surface area contributed by atoms with Gasteiger partial charge in [0.25, 0.3) is 11.8 Å². The van der Waals surface area contributed by atoms with Gasteiger partial charge in [0, 0.05) is 54.8 Å². The maximum atomic E-state index is 14.5.